The summed E-state index contributed by atoms with van der Waals surface area (Å²) in [5, 5.41) is 8.42. The van der Waals surface area contributed by atoms with Crippen LogP contribution in [0, 0.1) is 0 Å². The van der Waals surface area contributed by atoms with E-state index in [-0.39, 0.29) is 32.3 Å². The van der Waals surface area contributed by atoms with Crippen molar-refractivity contribution in [3.8, 4) is 0 Å². The maximum absolute atomic E-state index is 11.3. The van der Waals surface area contributed by atoms with Crippen LogP contribution in [-0.4, -0.2) is 128 Å². The minimum absolute atomic E-state index is 0.0218. The van der Waals surface area contributed by atoms with E-state index in [0.717, 1.165) is 25.9 Å². The summed E-state index contributed by atoms with van der Waals surface area (Å²) in [6, 6.07) is 0. The zero-order valence-electron chi connectivity index (χ0n) is 21.6. The van der Waals surface area contributed by atoms with Gasteiger partial charge in [0.2, 0.25) is 5.78 Å². The van der Waals surface area contributed by atoms with Gasteiger partial charge in [0.25, 0.3) is 0 Å². The second-order valence-corrected chi connectivity index (χ2v) is 7.79. The second-order valence-electron chi connectivity index (χ2n) is 7.79. The van der Waals surface area contributed by atoms with Crippen molar-refractivity contribution in [3.05, 3.63) is 0 Å². The van der Waals surface area contributed by atoms with Crippen LogP contribution < -0.4 is 0 Å². The summed E-state index contributed by atoms with van der Waals surface area (Å²) in [6.45, 7) is 6.46. The first-order valence-corrected chi connectivity index (χ1v) is 12.7. The molecule has 1 unspecified atom stereocenters. The number of ketones is 1. The summed E-state index contributed by atoms with van der Waals surface area (Å²) in [6.07, 6.45) is 2.48. The van der Waals surface area contributed by atoms with Crippen molar-refractivity contribution in [3.63, 3.8) is 0 Å². The van der Waals surface area contributed by atoms with Gasteiger partial charge in [0.1, 0.15) is 6.61 Å². The molecular formula is C24H42O13. The maximum atomic E-state index is 11.3. The van der Waals surface area contributed by atoms with E-state index >= 15 is 0 Å². The number of carboxylic acids is 1. The molecule has 216 valence electrons. The number of aliphatic carboxylic acids is 1. The third-order valence-corrected chi connectivity index (χ3v) is 4.81. The van der Waals surface area contributed by atoms with E-state index in [1.54, 1.807) is 0 Å². The molecule has 1 N–H and O–H groups in total. The second kappa shape index (κ2) is 24.6. The highest BCUT2D eigenvalue weighted by Gasteiger charge is 2.14. The van der Waals surface area contributed by atoms with Crippen molar-refractivity contribution in [2.45, 2.75) is 38.4 Å². The van der Waals surface area contributed by atoms with Crippen molar-refractivity contribution in [1.82, 2.24) is 0 Å². The van der Waals surface area contributed by atoms with Crippen molar-refractivity contribution in [2.24, 2.45) is 0 Å². The first-order chi connectivity index (χ1) is 18.1. The Labute approximate surface area is 217 Å². The van der Waals surface area contributed by atoms with Crippen LogP contribution in [-0.2, 0) is 57.0 Å². The maximum Gasteiger partial charge on any atom is 0.372 e. The van der Waals surface area contributed by atoms with Crippen molar-refractivity contribution >= 4 is 17.7 Å². The molecule has 13 nitrogen and oxygen atoms in total. The van der Waals surface area contributed by atoms with Crippen LogP contribution in [0.1, 0.15) is 32.1 Å². The summed E-state index contributed by atoms with van der Waals surface area (Å²) in [4.78, 5) is 32.5. The number of hydrogen-bond acceptors (Lipinski definition) is 12. The largest absolute Gasteiger partial charge is 0.476 e. The molecule has 0 aromatic carbocycles. The van der Waals surface area contributed by atoms with Gasteiger partial charge in [0.05, 0.1) is 92.3 Å². The Morgan fingerprint density at radius 2 is 1.08 bits per heavy atom. The van der Waals surface area contributed by atoms with E-state index in [0.29, 0.717) is 79.3 Å². The summed E-state index contributed by atoms with van der Waals surface area (Å²) in [5.41, 5.74) is 0. The van der Waals surface area contributed by atoms with E-state index in [1.807, 2.05) is 0 Å². The number of carboxylic acid groups (broad SMARTS) is 1. The Morgan fingerprint density at radius 1 is 0.622 bits per heavy atom. The molecule has 1 aliphatic rings. The standard InChI is InChI=1S/C24H42O13/c25-21(24(27)28)4-5-22(26)35-19-17-33-15-13-31-11-9-29-7-8-30-10-12-32-14-16-34-18-20-37-23-3-1-2-6-36-23/h23H,1-20H2,(H,27,28). The Kier molecular flexibility index (Phi) is 22.2. The summed E-state index contributed by atoms with van der Waals surface area (Å²) in [5.74, 6) is -3.22. The third-order valence-electron chi connectivity index (χ3n) is 4.81. The molecule has 0 radical (unpaired) electrons. The highest BCUT2D eigenvalue weighted by Crippen LogP contribution is 2.13. The van der Waals surface area contributed by atoms with Gasteiger partial charge in [-0.3, -0.25) is 9.59 Å². The zero-order chi connectivity index (χ0) is 26.8. The fourth-order valence-electron chi connectivity index (χ4n) is 2.89. The third kappa shape index (κ3) is 22.0. The van der Waals surface area contributed by atoms with Gasteiger partial charge in [0.15, 0.2) is 6.29 Å². The Morgan fingerprint density at radius 3 is 1.51 bits per heavy atom. The molecule has 1 heterocycles. The normalized spacial score (nSPS) is 15.5. The molecular weight excluding hydrogens is 496 g/mol. The monoisotopic (exact) mass is 538 g/mol. The Balaban J connectivity index is 1.68. The van der Waals surface area contributed by atoms with Crippen molar-refractivity contribution in [2.75, 3.05) is 99.1 Å². The molecule has 0 saturated carbocycles. The number of rotatable bonds is 26. The lowest BCUT2D eigenvalue weighted by molar-refractivity contribution is -0.169. The fraction of sp³-hybridized carbons (Fsp3) is 0.875. The highest BCUT2D eigenvalue weighted by molar-refractivity contribution is 6.32. The van der Waals surface area contributed by atoms with Gasteiger partial charge < -0.3 is 47.7 Å². The summed E-state index contributed by atoms with van der Waals surface area (Å²) in [7, 11) is 0. The molecule has 0 amide bonds. The lowest BCUT2D eigenvalue weighted by atomic mass is 10.2. The van der Waals surface area contributed by atoms with Crippen LogP contribution in [0.2, 0.25) is 0 Å². The molecule has 1 fully saturated rings. The molecule has 1 aliphatic heterocycles. The van der Waals surface area contributed by atoms with E-state index in [9.17, 15) is 14.4 Å². The van der Waals surface area contributed by atoms with Gasteiger partial charge in [-0.15, -0.1) is 0 Å². The van der Waals surface area contributed by atoms with E-state index < -0.39 is 17.7 Å². The number of carbonyl (C=O) groups excluding carboxylic acids is 2. The van der Waals surface area contributed by atoms with Gasteiger partial charge in [-0.2, -0.15) is 0 Å². The molecule has 1 rings (SSSR count). The first kappa shape index (κ1) is 33.3. The number of hydrogen-bond donors (Lipinski definition) is 1. The smallest absolute Gasteiger partial charge is 0.372 e. The molecule has 0 aliphatic carbocycles. The molecule has 0 bridgehead atoms. The summed E-state index contributed by atoms with van der Waals surface area (Å²) < 4.78 is 48.2. The van der Waals surface area contributed by atoms with Crippen LogP contribution in [0.5, 0.6) is 0 Å². The van der Waals surface area contributed by atoms with Crippen molar-refractivity contribution < 1.29 is 62.1 Å². The lowest BCUT2D eigenvalue weighted by Gasteiger charge is -2.22. The molecule has 0 spiro atoms. The first-order valence-electron chi connectivity index (χ1n) is 12.7. The van der Waals surface area contributed by atoms with Crippen LogP contribution in [0.3, 0.4) is 0 Å². The number of carbonyl (C=O) groups is 3. The van der Waals surface area contributed by atoms with Crippen LogP contribution >= 0.6 is 0 Å². The highest BCUT2D eigenvalue weighted by atomic mass is 16.7. The average molecular weight is 539 g/mol. The predicted octanol–water partition coefficient (Wildman–Crippen LogP) is 0.606. The van der Waals surface area contributed by atoms with Gasteiger partial charge in [-0.1, -0.05) is 0 Å². The molecule has 0 aromatic rings. The number of Topliss-reactive ketones (excluding diaryl/α,β-unsaturated/α-hetero) is 1. The lowest BCUT2D eigenvalue weighted by Crippen LogP contribution is -2.24. The Hall–Kier alpha value is -1.71. The van der Waals surface area contributed by atoms with Gasteiger partial charge in [-0.25, -0.2) is 4.79 Å². The van der Waals surface area contributed by atoms with E-state index in [1.165, 1.54) is 0 Å². The molecule has 37 heavy (non-hydrogen) atoms. The average Bonchev–Trinajstić information content (AvgIpc) is 2.90. The molecule has 13 heteroatoms. The zero-order valence-corrected chi connectivity index (χ0v) is 21.6. The number of esters is 1. The predicted molar refractivity (Wildman–Crippen MR) is 127 cm³/mol. The molecule has 1 atom stereocenters. The van der Waals surface area contributed by atoms with Gasteiger partial charge in [0, 0.05) is 13.0 Å². The van der Waals surface area contributed by atoms with Gasteiger partial charge >= 0.3 is 11.9 Å². The van der Waals surface area contributed by atoms with E-state index in [4.69, 9.17) is 47.7 Å². The minimum atomic E-state index is -1.56. The molecule has 1 saturated heterocycles. The van der Waals surface area contributed by atoms with Gasteiger partial charge in [-0.05, 0) is 19.3 Å². The van der Waals surface area contributed by atoms with E-state index in [2.05, 4.69) is 0 Å². The van der Waals surface area contributed by atoms with Crippen LogP contribution in [0.25, 0.3) is 0 Å². The SMILES string of the molecule is O=C(CCC(=O)C(=O)O)OCCOCCOCCOCCOCCOCCOCCOC1CCCCO1. The van der Waals surface area contributed by atoms with Crippen LogP contribution in [0.4, 0.5) is 0 Å². The van der Waals surface area contributed by atoms with Crippen molar-refractivity contribution in [1.29, 1.82) is 0 Å². The fourth-order valence-corrected chi connectivity index (χ4v) is 2.89. The quantitative estimate of drug-likeness (QED) is 0.0929. The number of ether oxygens (including phenoxy) is 9. The minimum Gasteiger partial charge on any atom is -0.476 e. The Bertz CT molecular complexity index is 581. The summed E-state index contributed by atoms with van der Waals surface area (Å²) >= 11 is 0. The molecule has 0 aromatic heterocycles. The topological polar surface area (TPSA) is 155 Å². The van der Waals surface area contributed by atoms with Crippen LogP contribution in [0.15, 0.2) is 0 Å².